The Morgan fingerprint density at radius 2 is 1.53 bits per heavy atom. The van der Waals surface area contributed by atoms with Crippen LogP contribution in [0.15, 0.2) is 0 Å². The minimum atomic E-state index is -0.294. The molecule has 4 heteroatoms. The molecule has 0 radical (unpaired) electrons. The minimum Gasteiger partial charge on any atom is -0.393 e. The number of ether oxygens (including phenoxy) is 3. The number of aliphatic hydroxyl groups is 1. The van der Waals surface area contributed by atoms with Crippen LogP contribution in [-0.4, -0.2) is 49.3 Å². The predicted octanol–water partition coefficient (Wildman–Crippen LogP) is 0.186. The fourth-order valence-corrected chi connectivity index (χ4v) is 2.42. The summed E-state index contributed by atoms with van der Waals surface area (Å²) < 4.78 is 16.0. The van der Waals surface area contributed by atoms with Crippen LogP contribution in [0.25, 0.3) is 0 Å². The van der Waals surface area contributed by atoms with Crippen molar-refractivity contribution in [2.75, 3.05) is 19.8 Å². The average Bonchev–Trinajstić information content (AvgIpc) is 3.01. The standard InChI is InChI=1S/C11H18O4/c1-6(12)7(9-3-13-9)2-8(10-4-14-10)11-5-15-11/h6-12H,2-5H2,1H3. The number of rotatable bonds is 6. The Labute approximate surface area is 89.5 Å². The van der Waals surface area contributed by atoms with Crippen molar-refractivity contribution >= 4 is 0 Å². The topological polar surface area (TPSA) is 57.8 Å². The van der Waals surface area contributed by atoms with E-state index in [1.165, 1.54) is 0 Å². The van der Waals surface area contributed by atoms with Crippen LogP contribution in [-0.2, 0) is 14.2 Å². The average molecular weight is 214 g/mol. The van der Waals surface area contributed by atoms with Crippen LogP contribution >= 0.6 is 0 Å². The predicted molar refractivity (Wildman–Crippen MR) is 52.5 cm³/mol. The summed E-state index contributed by atoms with van der Waals surface area (Å²) in [5.74, 6) is 0.720. The molecule has 4 nitrogen and oxygen atoms in total. The fraction of sp³-hybridized carbons (Fsp3) is 1.00. The normalized spacial score (nSPS) is 43.2. The Morgan fingerprint density at radius 3 is 1.87 bits per heavy atom. The van der Waals surface area contributed by atoms with E-state index in [0.717, 1.165) is 26.2 Å². The summed E-state index contributed by atoms with van der Waals surface area (Å²) >= 11 is 0. The number of aliphatic hydroxyl groups excluding tert-OH is 1. The number of hydrogen-bond acceptors (Lipinski definition) is 4. The van der Waals surface area contributed by atoms with Gasteiger partial charge < -0.3 is 19.3 Å². The zero-order valence-corrected chi connectivity index (χ0v) is 8.96. The molecular weight excluding hydrogens is 196 g/mol. The highest BCUT2D eigenvalue weighted by atomic mass is 16.6. The van der Waals surface area contributed by atoms with E-state index >= 15 is 0 Å². The van der Waals surface area contributed by atoms with Crippen LogP contribution in [0.3, 0.4) is 0 Å². The Morgan fingerprint density at radius 1 is 1.07 bits per heavy atom. The van der Waals surface area contributed by atoms with Crippen molar-refractivity contribution in [2.45, 2.75) is 37.8 Å². The highest BCUT2D eigenvalue weighted by Crippen LogP contribution is 2.39. The van der Waals surface area contributed by atoms with Crippen LogP contribution in [0.1, 0.15) is 13.3 Å². The Hall–Kier alpha value is -0.160. The molecule has 0 aliphatic carbocycles. The maximum Gasteiger partial charge on any atom is 0.0863 e. The van der Waals surface area contributed by atoms with Crippen LogP contribution in [0, 0.1) is 11.8 Å². The summed E-state index contributed by atoms with van der Waals surface area (Å²) in [6, 6.07) is 0. The van der Waals surface area contributed by atoms with E-state index in [-0.39, 0.29) is 18.1 Å². The van der Waals surface area contributed by atoms with Crippen molar-refractivity contribution in [3.63, 3.8) is 0 Å². The number of hydrogen-bond donors (Lipinski definition) is 1. The highest BCUT2D eigenvalue weighted by molar-refractivity contribution is 4.94. The van der Waals surface area contributed by atoms with Crippen LogP contribution in [0.2, 0.25) is 0 Å². The lowest BCUT2D eigenvalue weighted by molar-refractivity contribution is 0.0790. The monoisotopic (exact) mass is 214 g/mol. The molecule has 15 heavy (non-hydrogen) atoms. The van der Waals surface area contributed by atoms with Gasteiger partial charge in [0.2, 0.25) is 0 Å². The van der Waals surface area contributed by atoms with E-state index in [1.807, 2.05) is 6.92 Å². The molecule has 3 saturated heterocycles. The van der Waals surface area contributed by atoms with Gasteiger partial charge in [0, 0.05) is 11.8 Å². The third-order valence-corrected chi connectivity index (χ3v) is 3.67. The zero-order valence-electron chi connectivity index (χ0n) is 8.96. The molecule has 0 aromatic heterocycles. The lowest BCUT2D eigenvalue weighted by atomic mass is 9.85. The quantitative estimate of drug-likeness (QED) is 0.641. The molecule has 3 heterocycles. The lowest BCUT2D eigenvalue weighted by Crippen LogP contribution is -2.29. The van der Waals surface area contributed by atoms with Crippen molar-refractivity contribution < 1.29 is 19.3 Å². The summed E-state index contributed by atoms with van der Waals surface area (Å²) in [6.45, 7) is 4.38. The maximum absolute atomic E-state index is 9.71. The molecule has 0 saturated carbocycles. The molecule has 1 N–H and O–H groups in total. The third kappa shape index (κ3) is 2.33. The highest BCUT2D eigenvalue weighted by Gasteiger charge is 2.48. The molecule has 3 rings (SSSR count). The van der Waals surface area contributed by atoms with Crippen molar-refractivity contribution in [1.82, 2.24) is 0 Å². The lowest BCUT2D eigenvalue weighted by Gasteiger charge is -2.22. The van der Waals surface area contributed by atoms with Crippen LogP contribution < -0.4 is 0 Å². The molecule has 5 unspecified atom stereocenters. The van der Waals surface area contributed by atoms with E-state index in [9.17, 15) is 5.11 Å². The Kier molecular flexibility index (Phi) is 2.47. The molecule has 3 fully saturated rings. The summed E-state index contributed by atoms with van der Waals surface area (Å²) in [5, 5.41) is 9.71. The van der Waals surface area contributed by atoms with E-state index in [4.69, 9.17) is 14.2 Å². The number of epoxide rings is 3. The van der Waals surface area contributed by atoms with Crippen molar-refractivity contribution in [3.05, 3.63) is 0 Å². The van der Waals surface area contributed by atoms with Crippen LogP contribution in [0.5, 0.6) is 0 Å². The molecule has 86 valence electrons. The summed E-state index contributed by atoms with van der Waals surface area (Å²) in [7, 11) is 0. The first-order valence-electron chi connectivity index (χ1n) is 5.78. The Balaban J connectivity index is 1.59. The first-order valence-corrected chi connectivity index (χ1v) is 5.78. The molecule has 0 spiro atoms. The maximum atomic E-state index is 9.71. The van der Waals surface area contributed by atoms with Gasteiger partial charge >= 0.3 is 0 Å². The van der Waals surface area contributed by atoms with Gasteiger partial charge in [-0.3, -0.25) is 0 Å². The molecular formula is C11H18O4. The van der Waals surface area contributed by atoms with Gasteiger partial charge in [-0.1, -0.05) is 0 Å². The summed E-state index contributed by atoms with van der Waals surface area (Å²) in [6.07, 6.45) is 1.69. The SMILES string of the molecule is CC(O)C(CC(C1CO1)C1CO1)C1CO1. The van der Waals surface area contributed by atoms with E-state index in [2.05, 4.69) is 0 Å². The second kappa shape index (κ2) is 3.70. The molecule has 5 atom stereocenters. The van der Waals surface area contributed by atoms with Crippen molar-refractivity contribution in [1.29, 1.82) is 0 Å². The van der Waals surface area contributed by atoms with Gasteiger partial charge in [0.25, 0.3) is 0 Å². The van der Waals surface area contributed by atoms with E-state index in [1.54, 1.807) is 0 Å². The summed E-state index contributed by atoms with van der Waals surface area (Å²) in [4.78, 5) is 0. The largest absolute Gasteiger partial charge is 0.393 e. The minimum absolute atomic E-state index is 0.253. The molecule has 0 amide bonds. The van der Waals surface area contributed by atoms with Gasteiger partial charge in [-0.2, -0.15) is 0 Å². The first-order chi connectivity index (χ1) is 7.25. The van der Waals surface area contributed by atoms with Crippen LogP contribution in [0.4, 0.5) is 0 Å². The Bertz CT molecular complexity index is 197. The molecule has 0 aromatic rings. The molecule has 3 aliphatic heterocycles. The van der Waals surface area contributed by atoms with Crippen molar-refractivity contribution in [3.8, 4) is 0 Å². The first kappa shape index (κ1) is 10.0. The third-order valence-electron chi connectivity index (χ3n) is 3.67. The van der Waals surface area contributed by atoms with Gasteiger partial charge in [0.05, 0.1) is 44.2 Å². The van der Waals surface area contributed by atoms with E-state index in [0.29, 0.717) is 18.1 Å². The fourth-order valence-electron chi connectivity index (χ4n) is 2.42. The second-order valence-corrected chi connectivity index (χ2v) is 4.92. The van der Waals surface area contributed by atoms with Gasteiger partial charge in [0.15, 0.2) is 0 Å². The van der Waals surface area contributed by atoms with Crippen molar-refractivity contribution in [2.24, 2.45) is 11.8 Å². The second-order valence-electron chi connectivity index (χ2n) is 4.92. The van der Waals surface area contributed by atoms with Gasteiger partial charge in [-0.25, -0.2) is 0 Å². The molecule has 0 aromatic carbocycles. The van der Waals surface area contributed by atoms with Gasteiger partial charge in [0.1, 0.15) is 0 Å². The van der Waals surface area contributed by atoms with E-state index < -0.39 is 0 Å². The smallest absolute Gasteiger partial charge is 0.0863 e. The zero-order chi connectivity index (χ0) is 10.4. The molecule has 0 bridgehead atoms. The van der Waals surface area contributed by atoms with Gasteiger partial charge in [-0.05, 0) is 13.3 Å². The molecule has 3 aliphatic rings. The summed E-state index contributed by atoms with van der Waals surface area (Å²) in [5.41, 5.74) is 0. The van der Waals surface area contributed by atoms with Gasteiger partial charge in [-0.15, -0.1) is 0 Å².